The van der Waals surface area contributed by atoms with Crippen molar-refractivity contribution in [3.8, 4) is 5.75 Å². The number of hydrogen-bond acceptors (Lipinski definition) is 5. The van der Waals surface area contributed by atoms with Crippen LogP contribution in [-0.4, -0.2) is 39.4 Å². The Kier molecular flexibility index (Phi) is 3.41. The number of aromatic carboxylic acids is 2. The predicted molar refractivity (Wildman–Crippen MR) is 50.6 cm³/mol. The highest BCUT2D eigenvalue weighted by atomic mass is 16.5. The van der Waals surface area contributed by atoms with E-state index in [-0.39, 0.29) is 16.9 Å². The standard InChI is InChI=1S/C9H9NO6/c1-16-7-5(3-11)4(8(12)13)2-10-6(7)9(14)15/h2,11H,3H2,1H3,(H,12,13)(H,14,15). The average Bonchev–Trinajstić information content (AvgIpc) is 2.26. The fourth-order valence-electron chi connectivity index (χ4n) is 1.24. The van der Waals surface area contributed by atoms with Crippen molar-refractivity contribution >= 4 is 11.9 Å². The second kappa shape index (κ2) is 4.58. The van der Waals surface area contributed by atoms with E-state index in [1.54, 1.807) is 0 Å². The first-order chi connectivity index (χ1) is 7.52. The Bertz CT molecular complexity index is 401. The number of ether oxygens (including phenoxy) is 1. The van der Waals surface area contributed by atoms with Crippen LogP contribution < -0.4 is 4.74 Å². The van der Waals surface area contributed by atoms with Gasteiger partial charge in [-0.3, -0.25) is 0 Å². The minimum Gasteiger partial charge on any atom is -0.494 e. The fraction of sp³-hybridized carbons (Fsp3) is 0.222. The molecule has 1 rings (SSSR count). The maximum absolute atomic E-state index is 10.8. The van der Waals surface area contributed by atoms with Crippen LogP contribution in [0.25, 0.3) is 0 Å². The van der Waals surface area contributed by atoms with E-state index in [9.17, 15) is 9.59 Å². The number of carbonyl (C=O) groups is 2. The van der Waals surface area contributed by atoms with Gasteiger partial charge >= 0.3 is 11.9 Å². The number of carboxylic acids is 2. The second-order valence-corrected chi connectivity index (χ2v) is 2.80. The lowest BCUT2D eigenvalue weighted by molar-refractivity contribution is 0.0668. The number of nitrogens with zero attached hydrogens (tertiary/aromatic N) is 1. The Balaban J connectivity index is 3.52. The van der Waals surface area contributed by atoms with Crippen molar-refractivity contribution in [3.05, 3.63) is 23.0 Å². The van der Waals surface area contributed by atoms with Gasteiger partial charge in [-0.15, -0.1) is 0 Å². The molecule has 1 aromatic heterocycles. The summed E-state index contributed by atoms with van der Waals surface area (Å²) >= 11 is 0. The van der Waals surface area contributed by atoms with Gasteiger partial charge in [-0.25, -0.2) is 14.6 Å². The van der Waals surface area contributed by atoms with Gasteiger partial charge in [-0.2, -0.15) is 0 Å². The average molecular weight is 227 g/mol. The van der Waals surface area contributed by atoms with Crippen LogP contribution in [0.5, 0.6) is 5.75 Å². The first-order valence-electron chi connectivity index (χ1n) is 4.16. The summed E-state index contributed by atoms with van der Waals surface area (Å²) in [7, 11) is 1.17. The van der Waals surface area contributed by atoms with Gasteiger partial charge in [0.05, 0.1) is 19.3 Å². The molecule has 7 heteroatoms. The van der Waals surface area contributed by atoms with Crippen LogP contribution in [-0.2, 0) is 6.61 Å². The third kappa shape index (κ3) is 1.94. The number of aliphatic hydroxyl groups excluding tert-OH is 1. The van der Waals surface area contributed by atoms with Gasteiger partial charge in [0, 0.05) is 11.8 Å². The zero-order valence-corrected chi connectivity index (χ0v) is 8.30. The number of methoxy groups -OCH3 is 1. The Hall–Kier alpha value is -2.15. The summed E-state index contributed by atoms with van der Waals surface area (Å²) in [5.74, 6) is -2.91. The van der Waals surface area contributed by atoms with Crippen molar-refractivity contribution in [2.24, 2.45) is 0 Å². The summed E-state index contributed by atoms with van der Waals surface area (Å²) in [4.78, 5) is 25.0. The molecule has 0 aliphatic heterocycles. The molecule has 1 heterocycles. The van der Waals surface area contributed by atoms with E-state index in [0.29, 0.717) is 0 Å². The Morgan fingerprint density at radius 1 is 1.38 bits per heavy atom. The van der Waals surface area contributed by atoms with Crippen LogP contribution >= 0.6 is 0 Å². The summed E-state index contributed by atoms with van der Waals surface area (Å²) in [5, 5.41) is 26.6. The van der Waals surface area contributed by atoms with Gasteiger partial charge in [-0.1, -0.05) is 0 Å². The molecule has 0 bridgehead atoms. The van der Waals surface area contributed by atoms with E-state index in [2.05, 4.69) is 4.98 Å². The molecular weight excluding hydrogens is 218 g/mol. The first-order valence-corrected chi connectivity index (χ1v) is 4.16. The lowest BCUT2D eigenvalue weighted by atomic mass is 10.1. The van der Waals surface area contributed by atoms with Gasteiger partial charge in [0.1, 0.15) is 0 Å². The highest BCUT2D eigenvalue weighted by Crippen LogP contribution is 2.25. The Morgan fingerprint density at radius 2 is 2.00 bits per heavy atom. The van der Waals surface area contributed by atoms with Crippen LogP contribution in [0.1, 0.15) is 26.4 Å². The quantitative estimate of drug-likeness (QED) is 0.661. The summed E-state index contributed by atoms with van der Waals surface area (Å²) in [6.07, 6.45) is 0.875. The van der Waals surface area contributed by atoms with Crippen LogP contribution in [0.2, 0.25) is 0 Å². The largest absolute Gasteiger partial charge is 0.494 e. The highest BCUT2D eigenvalue weighted by molar-refractivity contribution is 5.94. The van der Waals surface area contributed by atoms with Crippen LogP contribution in [0.15, 0.2) is 6.20 Å². The smallest absolute Gasteiger partial charge is 0.358 e. The molecule has 0 unspecified atom stereocenters. The molecule has 86 valence electrons. The topological polar surface area (TPSA) is 117 Å². The van der Waals surface area contributed by atoms with Crippen molar-refractivity contribution in [2.75, 3.05) is 7.11 Å². The second-order valence-electron chi connectivity index (χ2n) is 2.80. The molecule has 0 fully saturated rings. The number of hydrogen-bond donors (Lipinski definition) is 3. The summed E-state index contributed by atoms with van der Waals surface area (Å²) in [6.45, 7) is -0.645. The fourth-order valence-corrected chi connectivity index (χ4v) is 1.24. The molecular formula is C9H9NO6. The van der Waals surface area contributed by atoms with Gasteiger partial charge in [0.15, 0.2) is 11.4 Å². The van der Waals surface area contributed by atoms with Crippen molar-refractivity contribution < 1.29 is 29.6 Å². The molecule has 1 aromatic rings. The summed E-state index contributed by atoms with van der Waals surface area (Å²) < 4.78 is 4.75. The SMILES string of the molecule is COc1c(C(=O)O)ncc(C(=O)O)c1CO. The van der Waals surface area contributed by atoms with Crippen molar-refractivity contribution in [3.63, 3.8) is 0 Å². The Labute approximate surface area is 89.9 Å². The maximum Gasteiger partial charge on any atom is 0.358 e. The minimum atomic E-state index is -1.36. The van der Waals surface area contributed by atoms with E-state index in [0.717, 1.165) is 6.20 Å². The van der Waals surface area contributed by atoms with E-state index < -0.39 is 24.2 Å². The number of aromatic nitrogens is 1. The summed E-state index contributed by atoms with van der Waals surface area (Å²) in [5.41, 5.74) is -0.830. The van der Waals surface area contributed by atoms with E-state index in [4.69, 9.17) is 20.1 Å². The maximum atomic E-state index is 10.8. The molecule has 0 radical (unpaired) electrons. The first kappa shape index (κ1) is 11.9. The number of rotatable bonds is 4. The molecule has 0 saturated heterocycles. The molecule has 0 aromatic carbocycles. The molecule has 0 aliphatic rings. The van der Waals surface area contributed by atoms with E-state index >= 15 is 0 Å². The van der Waals surface area contributed by atoms with Gasteiger partial charge in [0.25, 0.3) is 0 Å². The molecule has 3 N–H and O–H groups in total. The zero-order chi connectivity index (χ0) is 12.3. The van der Waals surface area contributed by atoms with Crippen molar-refractivity contribution in [2.45, 2.75) is 6.61 Å². The van der Waals surface area contributed by atoms with Crippen molar-refractivity contribution in [1.29, 1.82) is 0 Å². The summed E-state index contributed by atoms with van der Waals surface area (Å²) in [6, 6.07) is 0. The van der Waals surface area contributed by atoms with Gasteiger partial charge in [0.2, 0.25) is 0 Å². The van der Waals surface area contributed by atoms with Gasteiger partial charge < -0.3 is 20.1 Å². The normalized spacial score (nSPS) is 9.88. The molecule has 0 atom stereocenters. The van der Waals surface area contributed by atoms with E-state index in [1.807, 2.05) is 0 Å². The molecule has 0 spiro atoms. The highest BCUT2D eigenvalue weighted by Gasteiger charge is 2.22. The number of pyridine rings is 1. The van der Waals surface area contributed by atoms with Crippen LogP contribution in [0, 0.1) is 0 Å². The minimum absolute atomic E-state index is 0.109. The molecule has 0 saturated carbocycles. The third-order valence-electron chi connectivity index (χ3n) is 1.93. The molecule has 0 aliphatic carbocycles. The van der Waals surface area contributed by atoms with Crippen LogP contribution in [0.3, 0.4) is 0 Å². The number of carboxylic acid groups (broad SMARTS) is 2. The van der Waals surface area contributed by atoms with E-state index in [1.165, 1.54) is 7.11 Å². The number of aliphatic hydroxyl groups is 1. The van der Waals surface area contributed by atoms with Crippen LogP contribution in [0.4, 0.5) is 0 Å². The molecule has 16 heavy (non-hydrogen) atoms. The molecule has 7 nitrogen and oxygen atoms in total. The molecule has 0 amide bonds. The predicted octanol–water partition coefficient (Wildman–Crippen LogP) is -0.0211. The monoisotopic (exact) mass is 227 g/mol. The van der Waals surface area contributed by atoms with Crippen molar-refractivity contribution in [1.82, 2.24) is 4.98 Å². The third-order valence-corrected chi connectivity index (χ3v) is 1.93. The Morgan fingerprint density at radius 3 is 2.38 bits per heavy atom. The zero-order valence-electron chi connectivity index (χ0n) is 8.30. The lowest BCUT2D eigenvalue weighted by Crippen LogP contribution is -2.12. The lowest BCUT2D eigenvalue weighted by Gasteiger charge is -2.10. The van der Waals surface area contributed by atoms with Gasteiger partial charge in [-0.05, 0) is 0 Å².